The van der Waals surface area contributed by atoms with Gasteiger partial charge in [0.2, 0.25) is 0 Å². The third kappa shape index (κ3) is 5.39. The minimum Gasteiger partial charge on any atom is -0.466 e. The zero-order valence-corrected chi connectivity index (χ0v) is 20.3. The molecule has 2 aliphatic carbocycles. The second-order valence-corrected chi connectivity index (χ2v) is 9.87. The molecule has 0 radical (unpaired) electrons. The molecule has 34 heavy (non-hydrogen) atoms. The zero-order valence-electron chi connectivity index (χ0n) is 20.3. The van der Waals surface area contributed by atoms with Gasteiger partial charge in [-0.15, -0.1) is 0 Å². The number of amides is 1. The van der Waals surface area contributed by atoms with E-state index in [1.165, 1.54) is 19.3 Å². The molecule has 2 saturated carbocycles. The van der Waals surface area contributed by atoms with Gasteiger partial charge in [0.05, 0.1) is 25.0 Å². The maximum atomic E-state index is 12.4. The first-order valence-corrected chi connectivity index (χ1v) is 12.8. The summed E-state index contributed by atoms with van der Waals surface area (Å²) in [6, 6.07) is 9.66. The quantitative estimate of drug-likeness (QED) is 0.441. The molecular weight excluding hydrogens is 434 g/mol. The van der Waals surface area contributed by atoms with E-state index in [0.29, 0.717) is 25.6 Å². The Balaban J connectivity index is 0.000000192. The van der Waals surface area contributed by atoms with Crippen LogP contribution in [0.25, 0.3) is 0 Å². The standard InChI is InChI=1S/C17H21NO4.C10H16O2/c1-2-21-16(19)14-10-13-8-9-15(14)18(13)17(20)22-11-12-6-4-3-5-7-12;1-2-12-10(11)9-6-7-3-4-8(9)5-7/h3-7,13-15H,2,8-11H2,1H3;7-9H,2-6H2,1H3. The summed E-state index contributed by atoms with van der Waals surface area (Å²) in [6.07, 6.45) is 7.17. The van der Waals surface area contributed by atoms with Gasteiger partial charge in [0.1, 0.15) is 6.61 Å². The van der Waals surface area contributed by atoms with Crippen molar-refractivity contribution in [1.82, 2.24) is 4.90 Å². The van der Waals surface area contributed by atoms with Crippen molar-refractivity contribution in [2.45, 2.75) is 77.5 Å². The van der Waals surface area contributed by atoms with E-state index >= 15 is 0 Å². The van der Waals surface area contributed by atoms with Crippen LogP contribution in [0.3, 0.4) is 0 Å². The van der Waals surface area contributed by atoms with Gasteiger partial charge in [0, 0.05) is 12.1 Å². The number of carbonyl (C=O) groups is 3. The number of hydrogen-bond donors (Lipinski definition) is 0. The normalized spacial score (nSPS) is 30.5. The van der Waals surface area contributed by atoms with Crippen molar-refractivity contribution in [2.75, 3.05) is 13.2 Å². The van der Waals surface area contributed by atoms with E-state index < -0.39 is 0 Å². The Hall–Kier alpha value is -2.57. The molecule has 5 rings (SSSR count). The summed E-state index contributed by atoms with van der Waals surface area (Å²) in [4.78, 5) is 37.5. The molecule has 1 aromatic rings. The van der Waals surface area contributed by atoms with Crippen LogP contribution in [0, 0.1) is 23.7 Å². The van der Waals surface area contributed by atoms with Gasteiger partial charge < -0.3 is 19.1 Å². The summed E-state index contributed by atoms with van der Waals surface area (Å²) in [5.74, 6) is 1.44. The molecule has 2 heterocycles. The molecule has 186 valence electrons. The number of esters is 2. The smallest absolute Gasteiger partial charge is 0.410 e. The second kappa shape index (κ2) is 11.2. The molecule has 6 atom stereocenters. The third-order valence-corrected chi connectivity index (χ3v) is 7.87. The molecular formula is C27H37NO6. The molecule has 4 fully saturated rings. The average Bonchev–Trinajstić information content (AvgIpc) is 3.64. The first kappa shape index (κ1) is 24.6. The largest absolute Gasteiger partial charge is 0.466 e. The van der Waals surface area contributed by atoms with Gasteiger partial charge in [-0.2, -0.15) is 0 Å². The maximum Gasteiger partial charge on any atom is 0.410 e. The number of carbonyl (C=O) groups excluding carboxylic acids is 3. The lowest BCUT2D eigenvalue weighted by molar-refractivity contribution is -0.150. The fourth-order valence-electron chi connectivity index (χ4n) is 6.35. The van der Waals surface area contributed by atoms with Crippen LogP contribution in [-0.2, 0) is 30.4 Å². The predicted octanol–water partition coefficient (Wildman–Crippen LogP) is 4.72. The molecule has 2 aliphatic heterocycles. The average molecular weight is 472 g/mol. The van der Waals surface area contributed by atoms with Crippen molar-refractivity contribution >= 4 is 18.0 Å². The molecule has 7 nitrogen and oxygen atoms in total. The SMILES string of the molecule is CCOC(=O)C1CC2CCC1C2.CCOC(=O)C1CC2CCC1N2C(=O)OCc1ccccc1. The van der Waals surface area contributed by atoms with Crippen molar-refractivity contribution < 1.29 is 28.6 Å². The predicted molar refractivity (Wildman–Crippen MR) is 126 cm³/mol. The summed E-state index contributed by atoms with van der Waals surface area (Å²) in [7, 11) is 0. The minimum atomic E-state index is -0.317. The monoisotopic (exact) mass is 471 g/mol. The summed E-state index contributed by atoms with van der Waals surface area (Å²) >= 11 is 0. The summed E-state index contributed by atoms with van der Waals surface area (Å²) in [5, 5.41) is 0. The van der Waals surface area contributed by atoms with Crippen LogP contribution < -0.4 is 0 Å². The Kier molecular flexibility index (Phi) is 8.11. The molecule has 1 amide bonds. The highest BCUT2D eigenvalue weighted by Gasteiger charge is 2.52. The lowest BCUT2D eigenvalue weighted by Gasteiger charge is -2.23. The zero-order chi connectivity index (χ0) is 24.1. The first-order valence-electron chi connectivity index (χ1n) is 12.8. The molecule has 7 heteroatoms. The topological polar surface area (TPSA) is 82.1 Å². The van der Waals surface area contributed by atoms with E-state index in [1.807, 2.05) is 37.3 Å². The van der Waals surface area contributed by atoms with E-state index in [1.54, 1.807) is 11.8 Å². The Morgan fingerprint density at radius 3 is 2.15 bits per heavy atom. The molecule has 0 N–H and O–H groups in total. The molecule has 0 spiro atoms. The lowest BCUT2D eigenvalue weighted by atomic mass is 9.89. The molecule has 1 aromatic carbocycles. The minimum absolute atomic E-state index is 0.0599. The molecule has 6 unspecified atom stereocenters. The van der Waals surface area contributed by atoms with E-state index in [4.69, 9.17) is 14.2 Å². The van der Waals surface area contributed by atoms with Gasteiger partial charge in [-0.05, 0) is 69.8 Å². The Morgan fingerprint density at radius 1 is 0.824 bits per heavy atom. The summed E-state index contributed by atoms with van der Waals surface area (Å²) in [5.41, 5.74) is 0.962. The van der Waals surface area contributed by atoms with Crippen LogP contribution in [0.15, 0.2) is 30.3 Å². The molecule has 0 aromatic heterocycles. The highest BCUT2D eigenvalue weighted by Crippen LogP contribution is 2.48. The Bertz CT molecular complexity index is 858. The highest BCUT2D eigenvalue weighted by molar-refractivity contribution is 5.77. The van der Waals surface area contributed by atoms with E-state index in [0.717, 1.165) is 30.7 Å². The van der Waals surface area contributed by atoms with Gasteiger partial charge in [0.25, 0.3) is 0 Å². The second-order valence-electron chi connectivity index (χ2n) is 9.87. The van der Waals surface area contributed by atoms with Crippen LogP contribution in [0.4, 0.5) is 4.79 Å². The molecule has 2 saturated heterocycles. The fraction of sp³-hybridized carbons (Fsp3) is 0.667. The first-order chi connectivity index (χ1) is 16.5. The fourth-order valence-corrected chi connectivity index (χ4v) is 6.35. The van der Waals surface area contributed by atoms with Crippen LogP contribution in [-0.4, -0.2) is 48.2 Å². The number of benzene rings is 1. The maximum absolute atomic E-state index is 12.4. The van der Waals surface area contributed by atoms with Crippen LogP contribution in [0.2, 0.25) is 0 Å². The van der Waals surface area contributed by atoms with Gasteiger partial charge in [-0.1, -0.05) is 36.8 Å². The number of ether oxygens (including phenoxy) is 3. The molecule has 4 bridgehead atoms. The van der Waals surface area contributed by atoms with Crippen molar-refractivity contribution in [3.05, 3.63) is 35.9 Å². The van der Waals surface area contributed by atoms with Gasteiger partial charge in [0.15, 0.2) is 0 Å². The van der Waals surface area contributed by atoms with E-state index in [2.05, 4.69) is 0 Å². The lowest BCUT2D eigenvalue weighted by Crippen LogP contribution is -2.38. The van der Waals surface area contributed by atoms with Crippen LogP contribution in [0.1, 0.15) is 64.4 Å². The van der Waals surface area contributed by atoms with Crippen molar-refractivity contribution in [3.63, 3.8) is 0 Å². The van der Waals surface area contributed by atoms with Crippen molar-refractivity contribution in [1.29, 1.82) is 0 Å². The summed E-state index contributed by atoms with van der Waals surface area (Å²) < 4.78 is 15.6. The van der Waals surface area contributed by atoms with Gasteiger partial charge in [-0.25, -0.2) is 4.79 Å². The number of rotatable bonds is 6. The number of nitrogens with zero attached hydrogens (tertiary/aromatic N) is 1. The Labute approximate surface area is 202 Å². The van der Waals surface area contributed by atoms with Crippen molar-refractivity contribution in [2.24, 2.45) is 23.7 Å². The number of hydrogen-bond acceptors (Lipinski definition) is 6. The number of fused-ring (bicyclic) bond motifs is 4. The summed E-state index contributed by atoms with van der Waals surface area (Å²) in [6.45, 7) is 4.86. The Morgan fingerprint density at radius 2 is 1.53 bits per heavy atom. The van der Waals surface area contributed by atoms with Gasteiger partial charge >= 0.3 is 18.0 Å². The van der Waals surface area contributed by atoms with Crippen molar-refractivity contribution in [3.8, 4) is 0 Å². The van der Waals surface area contributed by atoms with Crippen LogP contribution in [0.5, 0.6) is 0 Å². The third-order valence-electron chi connectivity index (χ3n) is 7.87. The van der Waals surface area contributed by atoms with Crippen LogP contribution >= 0.6 is 0 Å². The van der Waals surface area contributed by atoms with E-state index in [9.17, 15) is 14.4 Å². The van der Waals surface area contributed by atoms with E-state index in [-0.39, 0.29) is 48.6 Å². The van der Waals surface area contributed by atoms with Gasteiger partial charge in [-0.3, -0.25) is 9.59 Å². The highest BCUT2D eigenvalue weighted by atomic mass is 16.6. The molecule has 4 aliphatic rings.